The largest absolute Gasteiger partial charge is 0.476 e. The zero-order chi connectivity index (χ0) is 15.0. The topological polar surface area (TPSA) is 103 Å². The van der Waals surface area contributed by atoms with E-state index < -0.39 is 5.97 Å². The summed E-state index contributed by atoms with van der Waals surface area (Å²) < 4.78 is 2.60. The molecule has 0 bridgehead atoms. The molecule has 2 aromatic heterocycles. The number of benzene rings is 1. The Labute approximate surface area is 118 Å². The van der Waals surface area contributed by atoms with Crippen molar-refractivity contribution in [2.24, 2.45) is 7.05 Å². The Morgan fingerprint density at radius 3 is 2.62 bits per heavy atom. The van der Waals surface area contributed by atoms with E-state index in [0.717, 1.165) is 4.68 Å². The second-order valence-corrected chi connectivity index (χ2v) is 4.46. The number of carboxylic acids is 1. The van der Waals surface area contributed by atoms with Gasteiger partial charge in [0.05, 0.1) is 5.39 Å². The normalized spacial score (nSPS) is 10.9. The molecule has 0 unspecified atom stereocenters. The zero-order valence-electron chi connectivity index (χ0n) is 11.1. The molecular weight excluding hydrogens is 274 g/mol. The van der Waals surface area contributed by atoms with Crippen LogP contribution in [0.25, 0.3) is 10.8 Å². The van der Waals surface area contributed by atoms with E-state index in [-0.39, 0.29) is 17.8 Å². The number of aryl methyl sites for hydroxylation is 1. The molecule has 0 aliphatic rings. The molecule has 8 heteroatoms. The second-order valence-electron chi connectivity index (χ2n) is 4.46. The molecule has 0 fully saturated rings. The predicted molar refractivity (Wildman–Crippen MR) is 73.1 cm³/mol. The predicted octanol–water partition coefficient (Wildman–Crippen LogP) is 0.271. The van der Waals surface area contributed by atoms with E-state index in [4.69, 9.17) is 0 Å². The highest BCUT2D eigenvalue weighted by molar-refractivity contribution is 6.01. The van der Waals surface area contributed by atoms with Crippen LogP contribution >= 0.6 is 0 Å². The fourth-order valence-electron chi connectivity index (χ4n) is 2.10. The summed E-state index contributed by atoms with van der Waals surface area (Å²) in [6.45, 7) is 0.0560. The van der Waals surface area contributed by atoms with Crippen LogP contribution in [-0.4, -0.2) is 35.6 Å². The zero-order valence-corrected chi connectivity index (χ0v) is 11.1. The van der Waals surface area contributed by atoms with Crippen molar-refractivity contribution < 1.29 is 9.90 Å². The van der Waals surface area contributed by atoms with Gasteiger partial charge in [-0.1, -0.05) is 18.2 Å². The summed E-state index contributed by atoms with van der Waals surface area (Å²) >= 11 is 0. The molecule has 0 atom stereocenters. The average Bonchev–Trinajstić information content (AvgIpc) is 2.87. The van der Waals surface area contributed by atoms with Crippen molar-refractivity contribution in [1.82, 2.24) is 24.5 Å². The molecule has 3 aromatic rings. The van der Waals surface area contributed by atoms with Gasteiger partial charge in [0.25, 0.3) is 5.56 Å². The first-order valence-corrected chi connectivity index (χ1v) is 6.14. The molecule has 1 N–H and O–H groups in total. The number of carboxylic acid groups (broad SMARTS) is 1. The molecule has 0 spiro atoms. The average molecular weight is 285 g/mol. The van der Waals surface area contributed by atoms with Gasteiger partial charge in [0, 0.05) is 12.4 Å². The van der Waals surface area contributed by atoms with Crippen LogP contribution in [0.1, 0.15) is 16.3 Å². The van der Waals surface area contributed by atoms with Gasteiger partial charge in [-0.15, -0.1) is 0 Å². The molecule has 0 amide bonds. The summed E-state index contributed by atoms with van der Waals surface area (Å²) in [7, 11) is 1.69. The fraction of sp³-hybridized carbons (Fsp3) is 0.154. The molecule has 2 heterocycles. The van der Waals surface area contributed by atoms with E-state index in [2.05, 4.69) is 15.2 Å². The number of aromatic carboxylic acids is 1. The standard InChI is InChI=1S/C13H11N5O3/c1-17-10(14-7-15-17)6-18-12(19)9-5-3-2-4-8(9)11(16-18)13(20)21/h2-5,7H,6H2,1H3,(H,20,21). The number of aromatic nitrogens is 5. The number of fused-ring (bicyclic) bond motifs is 1. The van der Waals surface area contributed by atoms with Gasteiger partial charge in [-0.3, -0.25) is 9.48 Å². The van der Waals surface area contributed by atoms with Crippen LogP contribution in [0.2, 0.25) is 0 Å². The van der Waals surface area contributed by atoms with Crippen LogP contribution in [-0.2, 0) is 13.6 Å². The summed E-state index contributed by atoms with van der Waals surface area (Å²) in [5.74, 6) is -0.672. The Bertz CT molecular complexity index is 896. The van der Waals surface area contributed by atoms with Crippen molar-refractivity contribution in [1.29, 1.82) is 0 Å². The lowest BCUT2D eigenvalue weighted by molar-refractivity contribution is 0.0690. The van der Waals surface area contributed by atoms with Gasteiger partial charge in [0.2, 0.25) is 0 Å². The van der Waals surface area contributed by atoms with Crippen LogP contribution in [0.4, 0.5) is 0 Å². The molecule has 0 saturated carbocycles. The van der Waals surface area contributed by atoms with E-state index in [1.54, 1.807) is 31.3 Å². The summed E-state index contributed by atoms with van der Waals surface area (Å²) in [5, 5.41) is 17.8. The van der Waals surface area contributed by atoms with Gasteiger partial charge in [-0.05, 0) is 6.07 Å². The van der Waals surface area contributed by atoms with Gasteiger partial charge < -0.3 is 5.11 Å². The third kappa shape index (κ3) is 2.16. The maximum atomic E-state index is 12.4. The molecule has 21 heavy (non-hydrogen) atoms. The van der Waals surface area contributed by atoms with Crippen LogP contribution in [0, 0.1) is 0 Å². The van der Waals surface area contributed by atoms with Crippen LogP contribution in [0.3, 0.4) is 0 Å². The van der Waals surface area contributed by atoms with Gasteiger partial charge in [0.1, 0.15) is 18.7 Å². The molecule has 0 aliphatic heterocycles. The Morgan fingerprint density at radius 2 is 2.00 bits per heavy atom. The molecule has 106 valence electrons. The van der Waals surface area contributed by atoms with Crippen molar-refractivity contribution in [2.75, 3.05) is 0 Å². The molecule has 3 rings (SSSR count). The quantitative estimate of drug-likeness (QED) is 0.741. The monoisotopic (exact) mass is 285 g/mol. The van der Waals surface area contributed by atoms with E-state index in [1.165, 1.54) is 11.0 Å². The Kier molecular flexibility index (Phi) is 2.98. The van der Waals surface area contributed by atoms with Gasteiger partial charge in [0.15, 0.2) is 5.69 Å². The first-order valence-electron chi connectivity index (χ1n) is 6.14. The number of nitrogens with zero attached hydrogens (tertiary/aromatic N) is 5. The van der Waals surface area contributed by atoms with Gasteiger partial charge >= 0.3 is 5.97 Å². The fourth-order valence-corrected chi connectivity index (χ4v) is 2.10. The SMILES string of the molecule is Cn1ncnc1Cn1nc(C(=O)O)c2ccccc2c1=O. The molecule has 8 nitrogen and oxygen atoms in total. The first kappa shape index (κ1) is 13.0. The first-order chi connectivity index (χ1) is 10.1. The third-order valence-electron chi connectivity index (χ3n) is 3.17. The summed E-state index contributed by atoms with van der Waals surface area (Å²) in [4.78, 5) is 27.7. The third-order valence-corrected chi connectivity index (χ3v) is 3.17. The number of hydrogen-bond acceptors (Lipinski definition) is 5. The smallest absolute Gasteiger partial charge is 0.357 e. The van der Waals surface area contributed by atoms with Crippen molar-refractivity contribution >= 4 is 16.7 Å². The Morgan fingerprint density at radius 1 is 1.29 bits per heavy atom. The van der Waals surface area contributed by atoms with Crippen LogP contribution in [0.5, 0.6) is 0 Å². The maximum absolute atomic E-state index is 12.4. The highest BCUT2D eigenvalue weighted by Gasteiger charge is 2.16. The molecular formula is C13H11N5O3. The van der Waals surface area contributed by atoms with Crippen molar-refractivity contribution in [3.05, 3.63) is 52.5 Å². The van der Waals surface area contributed by atoms with E-state index in [9.17, 15) is 14.7 Å². The Balaban J connectivity index is 2.24. The number of rotatable bonds is 3. The second kappa shape index (κ2) is 4.82. The minimum atomic E-state index is -1.18. The van der Waals surface area contributed by atoms with Crippen molar-refractivity contribution in [3.8, 4) is 0 Å². The highest BCUT2D eigenvalue weighted by Crippen LogP contribution is 2.13. The number of carbonyl (C=O) groups is 1. The minimum absolute atomic E-state index is 0.0560. The Hall–Kier alpha value is -3.03. The highest BCUT2D eigenvalue weighted by atomic mass is 16.4. The lowest BCUT2D eigenvalue weighted by atomic mass is 10.1. The minimum Gasteiger partial charge on any atom is -0.476 e. The summed E-state index contributed by atoms with van der Waals surface area (Å²) in [6, 6.07) is 6.50. The van der Waals surface area contributed by atoms with E-state index in [1.807, 2.05) is 0 Å². The van der Waals surface area contributed by atoms with Gasteiger partial charge in [-0.25, -0.2) is 14.5 Å². The van der Waals surface area contributed by atoms with Crippen molar-refractivity contribution in [2.45, 2.75) is 6.54 Å². The van der Waals surface area contributed by atoms with Gasteiger partial charge in [-0.2, -0.15) is 10.2 Å². The summed E-state index contributed by atoms with van der Waals surface area (Å²) in [5.41, 5.74) is -0.522. The lowest BCUT2D eigenvalue weighted by Crippen LogP contribution is -2.27. The van der Waals surface area contributed by atoms with Crippen LogP contribution < -0.4 is 5.56 Å². The molecule has 0 aliphatic carbocycles. The van der Waals surface area contributed by atoms with E-state index >= 15 is 0 Å². The summed E-state index contributed by atoms with van der Waals surface area (Å²) in [6.07, 6.45) is 1.36. The van der Waals surface area contributed by atoms with Crippen molar-refractivity contribution in [3.63, 3.8) is 0 Å². The molecule has 0 saturated heterocycles. The molecule has 0 radical (unpaired) electrons. The number of hydrogen-bond donors (Lipinski definition) is 1. The maximum Gasteiger partial charge on any atom is 0.357 e. The van der Waals surface area contributed by atoms with E-state index in [0.29, 0.717) is 16.6 Å². The van der Waals surface area contributed by atoms with Crippen LogP contribution in [0.15, 0.2) is 35.4 Å². The lowest BCUT2D eigenvalue weighted by Gasteiger charge is -2.08. The molecule has 1 aromatic carbocycles.